The van der Waals surface area contributed by atoms with Crippen LogP contribution in [0.25, 0.3) is 0 Å². The Morgan fingerprint density at radius 1 is 1.53 bits per heavy atom. The van der Waals surface area contributed by atoms with Gasteiger partial charge in [0.2, 0.25) is 0 Å². The first-order valence-electron chi connectivity index (χ1n) is 6.13. The van der Waals surface area contributed by atoms with E-state index in [0.717, 1.165) is 19.3 Å². The lowest BCUT2D eigenvalue weighted by atomic mass is 9.63. The molecule has 4 rings (SSSR count). The average Bonchev–Trinajstić information content (AvgIpc) is 2.47. The molecule has 4 unspecified atom stereocenters. The molecule has 0 aromatic rings. The summed E-state index contributed by atoms with van der Waals surface area (Å²) in [6.07, 6.45) is 3.60. The van der Waals surface area contributed by atoms with Gasteiger partial charge in [0.25, 0.3) is 5.79 Å². The van der Waals surface area contributed by atoms with Crippen molar-refractivity contribution in [1.29, 1.82) is 0 Å². The number of carbonyl (C=O) groups is 2. The van der Waals surface area contributed by atoms with Crippen LogP contribution in [0.3, 0.4) is 0 Å². The van der Waals surface area contributed by atoms with Crippen LogP contribution in [0.5, 0.6) is 0 Å². The lowest BCUT2D eigenvalue weighted by Gasteiger charge is -2.45. The molecule has 17 heavy (non-hydrogen) atoms. The largest absolute Gasteiger partial charge is 0.422 e. The van der Waals surface area contributed by atoms with E-state index in [4.69, 9.17) is 9.47 Å². The molecule has 92 valence electrons. The van der Waals surface area contributed by atoms with Crippen molar-refractivity contribution in [3.63, 3.8) is 0 Å². The van der Waals surface area contributed by atoms with Gasteiger partial charge in [0.1, 0.15) is 0 Å². The van der Waals surface area contributed by atoms with Crippen LogP contribution in [-0.2, 0) is 19.1 Å². The fraction of sp³-hybridized carbons (Fsp3) is 0.692. The van der Waals surface area contributed by atoms with E-state index in [1.54, 1.807) is 6.92 Å². The Morgan fingerprint density at radius 3 is 2.94 bits per heavy atom. The summed E-state index contributed by atoms with van der Waals surface area (Å²) >= 11 is 0. The van der Waals surface area contributed by atoms with Gasteiger partial charge in [0, 0.05) is 17.9 Å². The molecule has 4 atom stereocenters. The highest BCUT2D eigenvalue weighted by Crippen LogP contribution is 2.57. The Morgan fingerprint density at radius 2 is 2.29 bits per heavy atom. The lowest BCUT2D eigenvalue weighted by molar-refractivity contribution is -0.243. The molecule has 0 aromatic carbocycles. The first kappa shape index (κ1) is 10.8. The minimum Gasteiger partial charge on any atom is -0.422 e. The monoisotopic (exact) mass is 236 g/mol. The molecule has 4 fully saturated rings. The van der Waals surface area contributed by atoms with Gasteiger partial charge >= 0.3 is 11.9 Å². The summed E-state index contributed by atoms with van der Waals surface area (Å²) in [5, 5.41) is 0. The fourth-order valence-corrected chi connectivity index (χ4v) is 3.53. The number of carbonyl (C=O) groups excluding carboxylic acids is 2. The predicted molar refractivity (Wildman–Crippen MR) is 58.7 cm³/mol. The number of fused-ring (bicyclic) bond motifs is 1. The maximum Gasteiger partial charge on any atom is 0.336 e. The van der Waals surface area contributed by atoms with Crippen LogP contribution in [0.15, 0.2) is 12.2 Å². The molecule has 3 aliphatic carbocycles. The molecular formula is C13H16O4. The number of hydrogen-bond acceptors (Lipinski definition) is 4. The van der Waals surface area contributed by atoms with Gasteiger partial charge in [0.15, 0.2) is 0 Å². The van der Waals surface area contributed by atoms with Gasteiger partial charge in [0.05, 0.1) is 5.92 Å². The van der Waals surface area contributed by atoms with E-state index in [0.29, 0.717) is 17.9 Å². The van der Waals surface area contributed by atoms with Crippen LogP contribution >= 0.6 is 0 Å². The maximum atomic E-state index is 11.8. The summed E-state index contributed by atoms with van der Waals surface area (Å²) in [6.45, 7) is 5.17. The zero-order valence-corrected chi connectivity index (χ0v) is 9.90. The van der Waals surface area contributed by atoms with Crippen LogP contribution in [0, 0.1) is 17.8 Å². The highest BCUT2D eigenvalue weighted by Gasteiger charge is 2.64. The minimum atomic E-state index is -0.973. The van der Waals surface area contributed by atoms with Gasteiger partial charge in [-0.1, -0.05) is 6.58 Å². The van der Waals surface area contributed by atoms with E-state index in [9.17, 15) is 9.59 Å². The second kappa shape index (κ2) is 3.34. The SMILES string of the molecule is C=C(C)C(=O)OC12CC3CCC1C(C3)C(=O)O2. The third-order valence-electron chi connectivity index (χ3n) is 4.29. The Hall–Kier alpha value is -1.32. The van der Waals surface area contributed by atoms with Crippen LogP contribution in [0.2, 0.25) is 0 Å². The van der Waals surface area contributed by atoms with Crippen molar-refractivity contribution < 1.29 is 19.1 Å². The van der Waals surface area contributed by atoms with E-state index in [1.165, 1.54) is 0 Å². The number of esters is 2. The first-order chi connectivity index (χ1) is 8.02. The van der Waals surface area contributed by atoms with Gasteiger partial charge in [-0.3, -0.25) is 4.79 Å². The summed E-state index contributed by atoms with van der Waals surface area (Å²) in [7, 11) is 0. The highest BCUT2D eigenvalue weighted by molar-refractivity contribution is 5.88. The van der Waals surface area contributed by atoms with Crippen molar-refractivity contribution >= 4 is 11.9 Å². The van der Waals surface area contributed by atoms with Gasteiger partial charge < -0.3 is 9.47 Å². The van der Waals surface area contributed by atoms with Crippen molar-refractivity contribution in [3.05, 3.63) is 12.2 Å². The molecule has 0 spiro atoms. The van der Waals surface area contributed by atoms with Gasteiger partial charge in [-0.15, -0.1) is 0 Å². The molecule has 0 N–H and O–H groups in total. The van der Waals surface area contributed by atoms with Crippen molar-refractivity contribution in [2.75, 3.05) is 0 Å². The molecule has 1 aliphatic heterocycles. The smallest absolute Gasteiger partial charge is 0.336 e. The molecule has 4 aliphatic rings. The lowest BCUT2D eigenvalue weighted by Crippen LogP contribution is -2.50. The average molecular weight is 236 g/mol. The van der Waals surface area contributed by atoms with Crippen molar-refractivity contribution in [3.8, 4) is 0 Å². The molecule has 4 bridgehead atoms. The zero-order valence-electron chi connectivity index (χ0n) is 9.90. The predicted octanol–water partition coefficient (Wildman–Crippen LogP) is 1.79. The fourth-order valence-electron chi connectivity index (χ4n) is 3.53. The second-order valence-electron chi connectivity index (χ2n) is 5.50. The van der Waals surface area contributed by atoms with Gasteiger partial charge in [-0.05, 0) is 32.1 Å². The summed E-state index contributed by atoms with van der Waals surface area (Å²) in [6, 6.07) is 0. The Kier molecular flexibility index (Phi) is 2.12. The van der Waals surface area contributed by atoms with Gasteiger partial charge in [-0.25, -0.2) is 4.79 Å². The molecule has 0 aromatic heterocycles. The third kappa shape index (κ3) is 1.43. The molecular weight excluding hydrogens is 220 g/mol. The highest BCUT2D eigenvalue weighted by atomic mass is 16.7. The summed E-state index contributed by atoms with van der Waals surface area (Å²) in [4.78, 5) is 23.4. The van der Waals surface area contributed by atoms with E-state index < -0.39 is 11.8 Å². The third-order valence-corrected chi connectivity index (χ3v) is 4.29. The Labute approximate surface area is 100.0 Å². The van der Waals surface area contributed by atoms with Crippen molar-refractivity contribution in [2.45, 2.75) is 38.4 Å². The normalized spacial score (nSPS) is 42.2. The molecule has 4 nitrogen and oxygen atoms in total. The minimum absolute atomic E-state index is 0.0552. The zero-order chi connectivity index (χ0) is 12.2. The summed E-state index contributed by atoms with van der Waals surface area (Å²) in [5.41, 5.74) is 0.348. The number of rotatable bonds is 2. The maximum absolute atomic E-state index is 11.8. The quantitative estimate of drug-likeness (QED) is 0.542. The molecule has 1 heterocycles. The van der Waals surface area contributed by atoms with Crippen LogP contribution in [0.1, 0.15) is 32.6 Å². The number of hydrogen-bond donors (Lipinski definition) is 0. The number of ether oxygens (including phenoxy) is 2. The topological polar surface area (TPSA) is 52.6 Å². The van der Waals surface area contributed by atoms with E-state index in [2.05, 4.69) is 6.58 Å². The summed E-state index contributed by atoms with van der Waals surface area (Å²) < 4.78 is 10.9. The molecule has 1 saturated heterocycles. The van der Waals surface area contributed by atoms with Gasteiger partial charge in [-0.2, -0.15) is 0 Å². The van der Waals surface area contributed by atoms with Crippen LogP contribution < -0.4 is 0 Å². The Bertz CT molecular complexity index is 414. The van der Waals surface area contributed by atoms with Crippen molar-refractivity contribution in [2.24, 2.45) is 17.8 Å². The van der Waals surface area contributed by atoms with E-state index in [1.807, 2.05) is 0 Å². The van der Waals surface area contributed by atoms with E-state index >= 15 is 0 Å². The molecule has 3 saturated carbocycles. The van der Waals surface area contributed by atoms with Crippen molar-refractivity contribution in [1.82, 2.24) is 0 Å². The van der Waals surface area contributed by atoms with Crippen LogP contribution in [0.4, 0.5) is 0 Å². The molecule has 0 radical (unpaired) electrons. The second-order valence-corrected chi connectivity index (χ2v) is 5.50. The van der Waals surface area contributed by atoms with Crippen LogP contribution in [-0.4, -0.2) is 17.7 Å². The summed E-state index contributed by atoms with van der Waals surface area (Å²) in [5.74, 6) is -1.16. The first-order valence-corrected chi connectivity index (χ1v) is 6.13. The van der Waals surface area contributed by atoms with E-state index in [-0.39, 0.29) is 17.8 Å². The standard InChI is InChI=1S/C13H16O4/c1-7(2)11(14)16-13-6-8-3-4-10(13)9(5-8)12(15)17-13/h8-10H,1,3-6H2,2H3. The Balaban J connectivity index is 1.89. The molecule has 4 heteroatoms. The molecule has 0 amide bonds.